The van der Waals surface area contributed by atoms with E-state index in [1.807, 2.05) is 0 Å². The smallest absolute Gasteiger partial charge is 0.0788 e. The van der Waals surface area contributed by atoms with Gasteiger partial charge in [-0.2, -0.15) is 0 Å². The van der Waals surface area contributed by atoms with Crippen molar-refractivity contribution in [1.29, 1.82) is 0 Å². The molecule has 0 saturated heterocycles. The zero-order valence-electron chi connectivity index (χ0n) is 17.9. The summed E-state index contributed by atoms with van der Waals surface area (Å²) in [7, 11) is 0. The van der Waals surface area contributed by atoms with Crippen LogP contribution in [0.3, 0.4) is 0 Å². The predicted molar refractivity (Wildman–Crippen MR) is 139 cm³/mol. The van der Waals surface area contributed by atoms with E-state index in [1.54, 1.807) is 0 Å². The Morgan fingerprint density at radius 3 is 1.61 bits per heavy atom. The lowest BCUT2D eigenvalue weighted by atomic mass is 10.00. The lowest BCUT2D eigenvalue weighted by Crippen LogP contribution is -1.94. The van der Waals surface area contributed by atoms with E-state index >= 15 is 0 Å². The molecule has 0 atom stereocenters. The molecule has 0 amide bonds. The number of rotatable bonds is 2. The number of benzene rings is 5. The van der Waals surface area contributed by atoms with Crippen LogP contribution in [0, 0.1) is 0 Å². The molecular weight excluding hydrogens is 400 g/mol. The van der Waals surface area contributed by atoms with E-state index in [0.717, 1.165) is 22.5 Å². The van der Waals surface area contributed by atoms with Crippen LogP contribution in [0.15, 0.2) is 121 Å². The van der Waals surface area contributed by atoms with Gasteiger partial charge < -0.3 is 4.57 Å². The number of hydrogen-bond acceptors (Lipinski definition) is 1. The van der Waals surface area contributed by atoms with Gasteiger partial charge in [0.05, 0.1) is 22.2 Å². The van der Waals surface area contributed by atoms with Crippen molar-refractivity contribution in [1.82, 2.24) is 9.55 Å². The fourth-order valence-electron chi connectivity index (χ4n) is 5.09. The zero-order chi connectivity index (χ0) is 21.8. The van der Waals surface area contributed by atoms with Crippen LogP contribution in [-0.4, -0.2) is 9.55 Å². The Morgan fingerprint density at radius 1 is 0.424 bits per heavy atom. The molecule has 0 aliphatic carbocycles. The number of aromatic nitrogens is 2. The van der Waals surface area contributed by atoms with Crippen LogP contribution >= 0.6 is 0 Å². The highest BCUT2D eigenvalue weighted by molar-refractivity contribution is 6.11. The molecule has 33 heavy (non-hydrogen) atoms. The Bertz CT molecular complexity index is 1750. The van der Waals surface area contributed by atoms with E-state index < -0.39 is 0 Å². The highest BCUT2D eigenvalue weighted by Crippen LogP contribution is 2.35. The van der Waals surface area contributed by atoms with Crippen molar-refractivity contribution >= 4 is 43.5 Å². The summed E-state index contributed by atoms with van der Waals surface area (Å²) in [4.78, 5) is 5.06. The lowest BCUT2D eigenvalue weighted by molar-refractivity contribution is 1.18. The third-order valence-corrected chi connectivity index (χ3v) is 6.59. The summed E-state index contributed by atoms with van der Waals surface area (Å²) in [6.07, 6.45) is 0. The maximum Gasteiger partial charge on any atom is 0.0788 e. The molecule has 2 nitrogen and oxygen atoms in total. The van der Waals surface area contributed by atoms with Crippen molar-refractivity contribution in [3.05, 3.63) is 121 Å². The Morgan fingerprint density at radius 2 is 0.939 bits per heavy atom. The molecule has 0 spiro atoms. The minimum Gasteiger partial charge on any atom is -0.309 e. The molecule has 2 aromatic heterocycles. The SMILES string of the molecule is c1ccc2c(c1)nc(-c1ccc(-n3c4ccccc4c4ccccc43)cc1)c1ccccc12. The largest absolute Gasteiger partial charge is 0.309 e. The minimum absolute atomic E-state index is 1.03. The Labute approximate surface area is 191 Å². The minimum atomic E-state index is 1.03. The topological polar surface area (TPSA) is 17.8 Å². The van der Waals surface area contributed by atoms with Crippen LogP contribution in [0.2, 0.25) is 0 Å². The standard InChI is InChI=1S/C31H20N2/c1-2-13-27-23(9-1)24-10-3-6-14-28(24)32-31(27)21-17-19-22(20-18-21)33-29-15-7-4-11-25(29)26-12-5-8-16-30(26)33/h1-20H. The number of hydrogen-bond donors (Lipinski definition) is 0. The number of nitrogens with zero attached hydrogens (tertiary/aromatic N) is 2. The van der Waals surface area contributed by atoms with Gasteiger partial charge in [0.2, 0.25) is 0 Å². The van der Waals surface area contributed by atoms with Crippen LogP contribution in [0.1, 0.15) is 0 Å². The van der Waals surface area contributed by atoms with Gasteiger partial charge in [0, 0.05) is 32.8 Å². The molecule has 0 aliphatic heterocycles. The van der Waals surface area contributed by atoms with Crippen molar-refractivity contribution in [3.63, 3.8) is 0 Å². The highest BCUT2D eigenvalue weighted by Gasteiger charge is 2.13. The van der Waals surface area contributed by atoms with E-state index in [1.165, 1.54) is 38.0 Å². The normalized spacial score (nSPS) is 11.6. The number of pyridine rings is 1. The van der Waals surface area contributed by atoms with E-state index in [-0.39, 0.29) is 0 Å². The van der Waals surface area contributed by atoms with Gasteiger partial charge in [0.25, 0.3) is 0 Å². The van der Waals surface area contributed by atoms with Gasteiger partial charge in [0.15, 0.2) is 0 Å². The first kappa shape index (κ1) is 18.2. The second-order valence-electron chi connectivity index (χ2n) is 8.44. The van der Waals surface area contributed by atoms with Crippen LogP contribution < -0.4 is 0 Å². The molecule has 0 unspecified atom stereocenters. The average Bonchev–Trinajstić information content (AvgIpc) is 3.23. The van der Waals surface area contributed by atoms with E-state index in [4.69, 9.17) is 4.98 Å². The van der Waals surface area contributed by atoms with Crippen LogP contribution in [0.25, 0.3) is 60.4 Å². The number of fused-ring (bicyclic) bond motifs is 6. The zero-order valence-corrected chi connectivity index (χ0v) is 17.9. The quantitative estimate of drug-likeness (QED) is 0.258. The monoisotopic (exact) mass is 420 g/mol. The van der Waals surface area contributed by atoms with Gasteiger partial charge in [-0.15, -0.1) is 0 Å². The molecule has 0 bridgehead atoms. The average molecular weight is 421 g/mol. The first-order valence-corrected chi connectivity index (χ1v) is 11.2. The van der Waals surface area contributed by atoms with Gasteiger partial charge in [-0.05, 0) is 35.7 Å². The summed E-state index contributed by atoms with van der Waals surface area (Å²) >= 11 is 0. The van der Waals surface area contributed by atoms with Gasteiger partial charge in [-0.25, -0.2) is 4.98 Å². The third kappa shape index (κ3) is 2.71. The molecule has 154 valence electrons. The van der Waals surface area contributed by atoms with E-state index in [9.17, 15) is 0 Å². The molecule has 2 heteroatoms. The summed E-state index contributed by atoms with van der Waals surface area (Å²) in [5.41, 5.74) is 6.78. The second kappa shape index (κ2) is 7.04. The van der Waals surface area contributed by atoms with Crippen molar-refractivity contribution in [3.8, 4) is 16.9 Å². The summed E-state index contributed by atoms with van der Waals surface area (Å²) in [6.45, 7) is 0. The predicted octanol–water partition coefficient (Wildman–Crippen LogP) is 8.15. The fraction of sp³-hybridized carbons (Fsp3) is 0. The highest BCUT2D eigenvalue weighted by atomic mass is 15.0. The van der Waals surface area contributed by atoms with Gasteiger partial charge in [-0.3, -0.25) is 0 Å². The molecule has 7 rings (SSSR count). The summed E-state index contributed by atoms with van der Waals surface area (Å²) < 4.78 is 2.35. The summed E-state index contributed by atoms with van der Waals surface area (Å²) in [5.74, 6) is 0. The maximum absolute atomic E-state index is 5.06. The molecule has 2 heterocycles. The summed E-state index contributed by atoms with van der Waals surface area (Å²) in [5, 5.41) is 6.17. The Hall–Kier alpha value is -4.43. The lowest BCUT2D eigenvalue weighted by Gasteiger charge is -2.12. The molecule has 0 aliphatic rings. The van der Waals surface area contributed by atoms with E-state index in [0.29, 0.717) is 0 Å². The Balaban J connectivity index is 1.45. The van der Waals surface area contributed by atoms with Crippen LogP contribution in [0.4, 0.5) is 0 Å². The van der Waals surface area contributed by atoms with Crippen LogP contribution in [0.5, 0.6) is 0 Å². The molecule has 0 N–H and O–H groups in total. The third-order valence-electron chi connectivity index (χ3n) is 6.59. The first-order valence-electron chi connectivity index (χ1n) is 11.2. The second-order valence-corrected chi connectivity index (χ2v) is 8.44. The van der Waals surface area contributed by atoms with Gasteiger partial charge in [-0.1, -0.05) is 91.0 Å². The van der Waals surface area contributed by atoms with Crippen molar-refractivity contribution < 1.29 is 0 Å². The molecule has 0 radical (unpaired) electrons. The van der Waals surface area contributed by atoms with Crippen LogP contribution in [-0.2, 0) is 0 Å². The fourth-order valence-corrected chi connectivity index (χ4v) is 5.09. The Kier molecular flexibility index (Phi) is 3.88. The molecular formula is C31H20N2. The van der Waals surface area contributed by atoms with E-state index in [2.05, 4.69) is 126 Å². The molecule has 7 aromatic rings. The molecule has 0 saturated carbocycles. The summed E-state index contributed by atoms with van der Waals surface area (Å²) in [6, 6.07) is 43.0. The maximum atomic E-state index is 5.06. The first-order chi connectivity index (χ1) is 16.4. The number of para-hydroxylation sites is 3. The molecule has 5 aromatic carbocycles. The van der Waals surface area contributed by atoms with Gasteiger partial charge in [0.1, 0.15) is 0 Å². The van der Waals surface area contributed by atoms with Crippen molar-refractivity contribution in [2.75, 3.05) is 0 Å². The van der Waals surface area contributed by atoms with Gasteiger partial charge >= 0.3 is 0 Å². The van der Waals surface area contributed by atoms with Crippen molar-refractivity contribution in [2.45, 2.75) is 0 Å². The molecule has 0 fully saturated rings. The van der Waals surface area contributed by atoms with Crippen molar-refractivity contribution in [2.24, 2.45) is 0 Å².